The molecule has 3 saturated heterocycles. The predicted octanol–water partition coefficient (Wildman–Crippen LogP) is 4.23. The van der Waals surface area contributed by atoms with Crippen molar-refractivity contribution in [2.75, 3.05) is 44.9 Å². The van der Waals surface area contributed by atoms with E-state index in [2.05, 4.69) is 16.3 Å². The summed E-state index contributed by atoms with van der Waals surface area (Å²) < 4.78 is 10.9. The number of nitrogens with zero attached hydrogens (tertiary/aromatic N) is 4. The Morgan fingerprint density at radius 3 is 2.46 bits per heavy atom. The van der Waals surface area contributed by atoms with Crippen molar-refractivity contribution < 1.29 is 19.1 Å². The number of carbonyl (C=O) groups is 2. The van der Waals surface area contributed by atoms with Gasteiger partial charge in [-0.3, -0.25) is 14.8 Å². The maximum atomic E-state index is 14.1. The van der Waals surface area contributed by atoms with Gasteiger partial charge in [0.15, 0.2) is 0 Å². The number of nitrogens with one attached hydrogen (secondary N) is 1. The van der Waals surface area contributed by atoms with Crippen LogP contribution >= 0.6 is 0 Å². The number of aromatic amines is 1. The zero-order valence-electron chi connectivity index (χ0n) is 22.8. The molecule has 6 rings (SSSR count). The maximum Gasteiger partial charge on any atom is 0.325 e. The van der Waals surface area contributed by atoms with Crippen molar-refractivity contribution in [3.63, 3.8) is 0 Å². The van der Waals surface area contributed by atoms with Crippen molar-refractivity contribution >= 4 is 17.6 Å². The third-order valence-electron chi connectivity index (χ3n) is 8.78. The minimum absolute atomic E-state index is 0.00703. The fourth-order valence-corrected chi connectivity index (χ4v) is 6.17. The zero-order chi connectivity index (χ0) is 27.2. The quantitative estimate of drug-likeness (QED) is 0.516. The second-order valence-electron chi connectivity index (χ2n) is 11.3. The van der Waals surface area contributed by atoms with E-state index in [1.165, 1.54) is 0 Å². The molecule has 1 spiro atoms. The number of hydrogen-bond acceptors (Lipinski definition) is 5. The fraction of sp³-hybridized carbons (Fsp3) is 0.433. The number of likely N-dealkylation sites (tertiary alicyclic amines) is 1. The largest absolute Gasteiger partial charge is 0.496 e. The summed E-state index contributed by atoms with van der Waals surface area (Å²) in [5, 5.41) is 6.89. The van der Waals surface area contributed by atoms with Crippen LogP contribution in [0.15, 0.2) is 54.9 Å². The first-order valence-electron chi connectivity index (χ1n) is 13.5. The number of ether oxygens (including phenoxy) is 2. The molecule has 0 atom stereocenters. The highest BCUT2D eigenvalue weighted by Crippen LogP contribution is 2.41. The number of urea groups is 1. The first-order chi connectivity index (χ1) is 18.8. The standard InChI is InChI=1S/C30H35N5O4/c1-21-23(5-4-6-26(21)38-3)17-35-28(37)34(25-9-7-22(8-10-25)24-15-31-32-16-24)18-30(35)11-13-33(14-12-30)27(36)29(2)19-39-20-29/h4-10,15-16H,11-14,17-20H2,1-3H3,(H,31,32). The Morgan fingerprint density at radius 1 is 1.10 bits per heavy atom. The Hall–Kier alpha value is -3.85. The molecule has 0 aliphatic carbocycles. The number of anilines is 1. The van der Waals surface area contributed by atoms with Gasteiger partial charge in [-0.1, -0.05) is 24.3 Å². The average molecular weight is 530 g/mol. The van der Waals surface area contributed by atoms with Gasteiger partial charge in [-0.25, -0.2) is 4.79 Å². The van der Waals surface area contributed by atoms with Crippen LogP contribution in [0.25, 0.3) is 11.1 Å². The number of rotatable bonds is 6. The van der Waals surface area contributed by atoms with Crippen molar-refractivity contribution in [3.05, 3.63) is 66.0 Å². The lowest BCUT2D eigenvalue weighted by molar-refractivity contribution is -0.170. The Labute approximate surface area is 228 Å². The lowest BCUT2D eigenvalue weighted by Gasteiger charge is -2.47. The van der Waals surface area contributed by atoms with Gasteiger partial charge >= 0.3 is 6.03 Å². The lowest BCUT2D eigenvalue weighted by Crippen LogP contribution is -2.59. The van der Waals surface area contributed by atoms with Crippen molar-refractivity contribution in [2.45, 2.75) is 38.8 Å². The number of carbonyl (C=O) groups excluding carboxylic acids is 2. The summed E-state index contributed by atoms with van der Waals surface area (Å²) in [5.41, 5.74) is 4.23. The molecule has 2 aromatic carbocycles. The summed E-state index contributed by atoms with van der Waals surface area (Å²) in [6.45, 7) is 7.31. The second kappa shape index (κ2) is 9.72. The number of H-pyrrole nitrogens is 1. The Kier molecular flexibility index (Phi) is 6.33. The van der Waals surface area contributed by atoms with E-state index in [-0.39, 0.29) is 17.5 Å². The van der Waals surface area contributed by atoms with Gasteiger partial charge in [0, 0.05) is 37.1 Å². The Bertz CT molecular complexity index is 1360. The third kappa shape index (κ3) is 4.34. The molecule has 9 nitrogen and oxygen atoms in total. The minimum Gasteiger partial charge on any atom is -0.496 e. The number of amides is 3. The third-order valence-corrected chi connectivity index (χ3v) is 8.78. The van der Waals surface area contributed by atoms with E-state index >= 15 is 0 Å². The highest BCUT2D eigenvalue weighted by Gasteiger charge is 2.53. The first kappa shape index (κ1) is 25.4. The van der Waals surface area contributed by atoms with E-state index < -0.39 is 5.41 Å². The molecule has 1 N–H and O–H groups in total. The molecule has 39 heavy (non-hydrogen) atoms. The summed E-state index contributed by atoms with van der Waals surface area (Å²) in [5.74, 6) is 0.978. The van der Waals surface area contributed by atoms with Gasteiger partial charge in [-0.2, -0.15) is 5.10 Å². The van der Waals surface area contributed by atoms with Crippen molar-refractivity contribution in [2.24, 2.45) is 5.41 Å². The normalized spacial score (nSPS) is 19.9. The van der Waals surface area contributed by atoms with Gasteiger partial charge in [-0.15, -0.1) is 0 Å². The van der Waals surface area contributed by atoms with Crippen molar-refractivity contribution in [1.29, 1.82) is 0 Å². The van der Waals surface area contributed by atoms with Gasteiger partial charge in [-0.05, 0) is 61.6 Å². The molecule has 204 valence electrons. The molecule has 1 aromatic heterocycles. The summed E-state index contributed by atoms with van der Waals surface area (Å²) >= 11 is 0. The number of piperidine rings is 1. The summed E-state index contributed by atoms with van der Waals surface area (Å²) in [7, 11) is 1.67. The summed E-state index contributed by atoms with van der Waals surface area (Å²) in [4.78, 5) is 33.2. The highest BCUT2D eigenvalue weighted by molar-refractivity contribution is 5.96. The van der Waals surface area contributed by atoms with Gasteiger partial charge in [0.25, 0.3) is 0 Å². The molecule has 3 aliphatic heterocycles. The fourth-order valence-electron chi connectivity index (χ4n) is 6.17. The van der Waals surface area contributed by atoms with Crippen LogP contribution < -0.4 is 9.64 Å². The average Bonchev–Trinajstić information content (AvgIpc) is 3.57. The van der Waals surface area contributed by atoms with E-state index in [4.69, 9.17) is 9.47 Å². The minimum atomic E-state index is -0.420. The smallest absolute Gasteiger partial charge is 0.325 e. The Balaban J connectivity index is 1.28. The molecule has 4 heterocycles. The van der Waals surface area contributed by atoms with Crippen molar-refractivity contribution in [3.8, 4) is 16.9 Å². The molecule has 9 heteroatoms. The number of hydrogen-bond donors (Lipinski definition) is 1. The number of aromatic nitrogens is 2. The molecule has 3 aromatic rings. The molecule has 3 aliphatic rings. The topological polar surface area (TPSA) is 91.0 Å². The molecule has 0 bridgehead atoms. The molecule has 0 saturated carbocycles. The van der Waals surface area contributed by atoms with E-state index in [0.29, 0.717) is 39.4 Å². The van der Waals surface area contributed by atoms with Gasteiger partial charge < -0.3 is 19.3 Å². The molecule has 3 fully saturated rings. The summed E-state index contributed by atoms with van der Waals surface area (Å²) in [6.07, 6.45) is 5.10. The zero-order valence-corrected chi connectivity index (χ0v) is 22.8. The SMILES string of the molecule is COc1cccc(CN2C(=O)N(c3ccc(-c4cn[nH]c4)cc3)CC23CCN(C(=O)C2(C)COC2)CC3)c1C. The molecular weight excluding hydrogens is 494 g/mol. The van der Waals surface area contributed by atoms with E-state index in [1.807, 2.05) is 71.1 Å². The molecular formula is C30H35N5O4. The maximum absolute atomic E-state index is 14.1. The van der Waals surface area contributed by atoms with Crippen LogP contribution in [-0.4, -0.2) is 77.4 Å². The van der Waals surface area contributed by atoms with Crippen LogP contribution in [0.2, 0.25) is 0 Å². The summed E-state index contributed by atoms with van der Waals surface area (Å²) in [6, 6.07) is 14.0. The number of methoxy groups -OCH3 is 1. The molecule has 0 radical (unpaired) electrons. The van der Waals surface area contributed by atoms with Gasteiger partial charge in [0.1, 0.15) is 5.75 Å². The molecule has 3 amide bonds. The van der Waals surface area contributed by atoms with Crippen LogP contribution in [0.5, 0.6) is 5.75 Å². The van der Waals surface area contributed by atoms with Crippen LogP contribution in [0.4, 0.5) is 10.5 Å². The predicted molar refractivity (Wildman–Crippen MR) is 148 cm³/mol. The van der Waals surface area contributed by atoms with E-state index in [1.54, 1.807) is 13.3 Å². The Morgan fingerprint density at radius 2 is 1.85 bits per heavy atom. The van der Waals surface area contributed by atoms with Crippen LogP contribution in [0.1, 0.15) is 30.9 Å². The van der Waals surface area contributed by atoms with E-state index in [9.17, 15) is 9.59 Å². The van der Waals surface area contributed by atoms with Crippen LogP contribution in [-0.2, 0) is 16.1 Å². The monoisotopic (exact) mass is 529 g/mol. The second-order valence-corrected chi connectivity index (χ2v) is 11.3. The first-order valence-corrected chi connectivity index (χ1v) is 13.5. The van der Waals surface area contributed by atoms with Gasteiger partial charge in [0.05, 0.1) is 44.0 Å². The van der Waals surface area contributed by atoms with E-state index in [0.717, 1.165) is 46.5 Å². The highest BCUT2D eigenvalue weighted by atomic mass is 16.5. The lowest BCUT2D eigenvalue weighted by atomic mass is 9.82. The van der Waals surface area contributed by atoms with Crippen LogP contribution in [0, 0.1) is 12.3 Å². The molecule has 0 unspecified atom stereocenters. The number of benzene rings is 2. The van der Waals surface area contributed by atoms with Crippen LogP contribution in [0.3, 0.4) is 0 Å². The van der Waals surface area contributed by atoms with Gasteiger partial charge in [0.2, 0.25) is 5.91 Å². The van der Waals surface area contributed by atoms with Crippen molar-refractivity contribution in [1.82, 2.24) is 20.0 Å².